The van der Waals surface area contributed by atoms with Crippen molar-refractivity contribution in [2.45, 2.75) is 12.7 Å². The average molecular weight is 499 g/mol. The molecule has 0 aliphatic carbocycles. The van der Waals surface area contributed by atoms with Crippen LogP contribution in [0.4, 0.5) is 24.7 Å². The zero-order chi connectivity index (χ0) is 25.9. The summed E-state index contributed by atoms with van der Waals surface area (Å²) in [7, 11) is 6.14. The maximum absolute atomic E-state index is 13.3. The van der Waals surface area contributed by atoms with Crippen LogP contribution in [0.15, 0.2) is 46.6 Å². The number of anilines is 2. The minimum atomic E-state index is -4.43. The lowest BCUT2D eigenvalue weighted by Gasteiger charge is -2.23. The van der Waals surface area contributed by atoms with Gasteiger partial charge in [-0.05, 0) is 37.9 Å². The van der Waals surface area contributed by atoms with Gasteiger partial charge in [-0.3, -0.25) is 0 Å². The van der Waals surface area contributed by atoms with Crippen molar-refractivity contribution in [3.63, 3.8) is 0 Å². The Balaban J connectivity index is 1.44. The van der Waals surface area contributed by atoms with Crippen molar-refractivity contribution < 1.29 is 13.2 Å². The molecule has 11 heteroatoms. The van der Waals surface area contributed by atoms with Gasteiger partial charge in [0.15, 0.2) is 5.96 Å². The summed E-state index contributed by atoms with van der Waals surface area (Å²) in [5, 5.41) is 18.7. The predicted octanol–water partition coefficient (Wildman–Crippen LogP) is 3.37. The topological polar surface area (TPSA) is 94.5 Å². The molecule has 1 aromatic heterocycles. The molecule has 4 rings (SSSR count). The first-order valence-electron chi connectivity index (χ1n) is 11.5. The smallest absolute Gasteiger partial charge is 0.373 e. The van der Waals surface area contributed by atoms with Gasteiger partial charge in [-0.25, -0.2) is 4.99 Å². The number of halogens is 3. The molecule has 0 radical (unpaired) electrons. The van der Waals surface area contributed by atoms with Gasteiger partial charge in [-0.1, -0.05) is 12.1 Å². The van der Waals surface area contributed by atoms with Crippen LogP contribution < -0.4 is 20.9 Å². The molecule has 2 aromatic rings. The minimum Gasteiger partial charge on any atom is -0.373 e. The van der Waals surface area contributed by atoms with Crippen molar-refractivity contribution in [3.8, 4) is 6.07 Å². The summed E-state index contributed by atoms with van der Waals surface area (Å²) < 4.78 is 39.9. The van der Waals surface area contributed by atoms with Gasteiger partial charge in [0.05, 0.1) is 29.5 Å². The number of rotatable bonds is 7. The van der Waals surface area contributed by atoms with E-state index in [1.807, 2.05) is 26.2 Å². The molecule has 1 aromatic carbocycles. The molecule has 0 atom stereocenters. The van der Waals surface area contributed by atoms with Crippen molar-refractivity contribution >= 4 is 29.2 Å². The van der Waals surface area contributed by atoms with Crippen LogP contribution in [-0.2, 0) is 6.54 Å². The third-order valence-corrected chi connectivity index (χ3v) is 6.12. The highest BCUT2D eigenvalue weighted by molar-refractivity contribution is 5.95. The largest absolute Gasteiger partial charge is 0.414 e. The number of nitrogens with one attached hydrogen (secondary N) is 4. The Morgan fingerprint density at radius 2 is 1.89 bits per heavy atom. The second-order valence-corrected chi connectivity index (χ2v) is 9.01. The fraction of sp³-hybridized carbons (Fsp3) is 0.360. The van der Waals surface area contributed by atoms with Crippen molar-refractivity contribution in [1.29, 1.82) is 5.26 Å². The molecule has 0 saturated heterocycles. The number of H-pyrrole nitrogens is 1. The van der Waals surface area contributed by atoms with Crippen molar-refractivity contribution in [3.05, 3.63) is 58.3 Å². The summed E-state index contributed by atoms with van der Waals surface area (Å²) in [4.78, 5) is 11.7. The minimum absolute atomic E-state index is 0.125. The van der Waals surface area contributed by atoms with Gasteiger partial charge in [-0.15, -0.1) is 0 Å². The Labute approximate surface area is 208 Å². The number of aromatic nitrogens is 1. The zero-order valence-corrected chi connectivity index (χ0v) is 20.4. The van der Waals surface area contributed by atoms with Crippen LogP contribution in [0.1, 0.15) is 16.7 Å². The highest BCUT2D eigenvalue weighted by Crippen LogP contribution is 2.36. The van der Waals surface area contributed by atoms with Gasteiger partial charge in [0.2, 0.25) is 0 Å². The van der Waals surface area contributed by atoms with E-state index in [1.54, 1.807) is 6.20 Å². The molecule has 190 valence electrons. The quantitative estimate of drug-likeness (QED) is 0.468. The number of fused-ring (bicyclic) bond motifs is 1. The summed E-state index contributed by atoms with van der Waals surface area (Å²) in [5.74, 6) is 0.937. The molecule has 4 N–H and O–H groups in total. The lowest BCUT2D eigenvalue weighted by atomic mass is 10.0. The van der Waals surface area contributed by atoms with Gasteiger partial charge < -0.3 is 30.7 Å². The van der Waals surface area contributed by atoms with Crippen LogP contribution >= 0.6 is 0 Å². The second-order valence-electron chi connectivity index (χ2n) is 9.01. The maximum atomic E-state index is 13.3. The number of hydrogen-bond donors (Lipinski definition) is 4. The van der Waals surface area contributed by atoms with Gasteiger partial charge in [-0.2, -0.15) is 18.4 Å². The summed E-state index contributed by atoms with van der Waals surface area (Å²) in [5.41, 5.74) is 3.12. The van der Waals surface area contributed by atoms with Crippen molar-refractivity contribution in [2.24, 2.45) is 4.99 Å². The molecule has 3 heterocycles. The zero-order valence-electron chi connectivity index (χ0n) is 20.4. The van der Waals surface area contributed by atoms with E-state index in [0.29, 0.717) is 40.7 Å². The molecular weight excluding hydrogens is 469 g/mol. The Hall–Kier alpha value is -3.91. The number of hydrogen-bond acceptors (Lipinski definition) is 7. The third kappa shape index (κ3) is 5.66. The molecule has 36 heavy (non-hydrogen) atoms. The molecule has 0 saturated carbocycles. The molecule has 8 nitrogen and oxygen atoms in total. The number of benzene rings is 1. The maximum Gasteiger partial charge on any atom is 0.414 e. The fourth-order valence-electron chi connectivity index (χ4n) is 3.95. The average Bonchev–Trinajstić information content (AvgIpc) is 3.29. The van der Waals surface area contributed by atoms with E-state index >= 15 is 0 Å². The second kappa shape index (κ2) is 10.4. The lowest BCUT2D eigenvalue weighted by molar-refractivity contribution is -0.0909. The van der Waals surface area contributed by atoms with Crippen LogP contribution in [-0.4, -0.2) is 69.3 Å². The number of alkyl halides is 3. The van der Waals surface area contributed by atoms with E-state index in [0.717, 1.165) is 30.4 Å². The van der Waals surface area contributed by atoms with Crippen molar-refractivity contribution in [2.75, 3.05) is 57.5 Å². The third-order valence-electron chi connectivity index (χ3n) is 6.12. The molecule has 0 fully saturated rings. The molecule has 0 unspecified atom stereocenters. The summed E-state index contributed by atoms with van der Waals surface area (Å²) >= 11 is 0. The fourth-order valence-corrected chi connectivity index (χ4v) is 3.95. The van der Waals surface area contributed by atoms with Crippen LogP contribution in [0, 0.1) is 11.3 Å². The molecule has 0 bridgehead atoms. The number of likely N-dealkylation sites (N-methyl/N-ethyl adjacent to an activating group) is 2. The van der Waals surface area contributed by atoms with E-state index in [1.165, 1.54) is 0 Å². The monoisotopic (exact) mass is 498 g/mol. The van der Waals surface area contributed by atoms with Crippen LogP contribution in [0.3, 0.4) is 0 Å². The Kier molecular flexibility index (Phi) is 7.26. The van der Waals surface area contributed by atoms with Gasteiger partial charge in [0, 0.05) is 56.2 Å². The van der Waals surface area contributed by atoms with E-state index in [9.17, 15) is 18.4 Å². The highest BCUT2D eigenvalue weighted by Gasteiger charge is 2.36. The van der Waals surface area contributed by atoms with Gasteiger partial charge in [0.1, 0.15) is 5.82 Å². The summed E-state index contributed by atoms with van der Waals surface area (Å²) in [6, 6.07) is 10.3. The number of aromatic amines is 1. The van der Waals surface area contributed by atoms with Gasteiger partial charge in [0.25, 0.3) is 0 Å². The molecule has 2 aliphatic heterocycles. The first kappa shape index (κ1) is 25.2. The van der Waals surface area contributed by atoms with E-state index in [4.69, 9.17) is 0 Å². The Morgan fingerprint density at radius 1 is 1.14 bits per heavy atom. The Bertz CT molecular complexity index is 1230. The number of nitrogens with zero attached hydrogens (tertiary/aromatic N) is 4. The standard InChI is InChI=1S/C25H29F3N8/c1-35(2)8-9-36(3)19-6-4-16(5-7-19)12-32-24-33-13-17(11-29)22(34-24)21-15-31-23-20(21)10-18(14-30-23)25(26,27)28/h4-7,10,15,30-31H,8-9,12-14H2,1-3H3,(H2,32,33,34). The normalized spacial score (nSPS) is 15.4. The number of guanidine groups is 1. The van der Waals surface area contributed by atoms with Crippen LogP contribution in [0.2, 0.25) is 0 Å². The first-order valence-corrected chi connectivity index (χ1v) is 11.5. The van der Waals surface area contributed by atoms with Crippen LogP contribution in [0.25, 0.3) is 11.8 Å². The summed E-state index contributed by atoms with van der Waals surface area (Å²) in [6.07, 6.45) is -1.71. The van der Waals surface area contributed by atoms with Crippen LogP contribution in [0.5, 0.6) is 0 Å². The van der Waals surface area contributed by atoms with E-state index in [-0.39, 0.29) is 13.1 Å². The lowest BCUT2D eigenvalue weighted by Crippen LogP contribution is -2.39. The highest BCUT2D eigenvalue weighted by atomic mass is 19.4. The number of aliphatic imine (C=N–C) groups is 1. The first-order chi connectivity index (χ1) is 17.2. The SMILES string of the molecule is CN(C)CCN(C)c1ccc(CNC2=NCC(C#N)=C(c3c[nH]c4c3C=C(C(F)(F)F)CN4)N2)cc1. The van der Waals surface area contributed by atoms with Crippen molar-refractivity contribution in [1.82, 2.24) is 20.5 Å². The van der Waals surface area contributed by atoms with E-state index < -0.39 is 11.7 Å². The predicted molar refractivity (Wildman–Crippen MR) is 136 cm³/mol. The molecular formula is C25H29F3N8. The summed E-state index contributed by atoms with van der Waals surface area (Å²) in [6.45, 7) is 2.18. The molecule has 2 aliphatic rings. The molecule has 0 amide bonds. The van der Waals surface area contributed by atoms with E-state index in [2.05, 4.69) is 61.0 Å². The van der Waals surface area contributed by atoms with Gasteiger partial charge >= 0.3 is 6.18 Å². The Morgan fingerprint density at radius 3 is 2.56 bits per heavy atom. The molecule has 0 spiro atoms. The number of nitriles is 1.